The van der Waals surface area contributed by atoms with Gasteiger partial charge in [0.1, 0.15) is 5.75 Å². The average molecular weight is 382 g/mol. The molecule has 0 saturated carbocycles. The summed E-state index contributed by atoms with van der Waals surface area (Å²) in [4.78, 5) is 5.28. The second-order valence-corrected chi connectivity index (χ2v) is 6.86. The Morgan fingerprint density at radius 1 is 1.04 bits per heavy atom. The predicted octanol–water partition coefficient (Wildman–Crippen LogP) is 5.19. The summed E-state index contributed by atoms with van der Waals surface area (Å²) < 4.78 is 25.8. The smallest absolute Gasteiger partial charge is 0.167 e. The standard InChI is InChI=1S/C20H15FN2O3S/c1-25-18-8-11(2-4-15(18)24)19-10-14-20(27-19)17(6-7-23-14)26-16-5-3-12(22)9-13(16)21/h2-10,24H,22H2,1H3. The number of anilines is 1. The fraction of sp³-hybridized carbons (Fsp3) is 0.0500. The molecule has 4 rings (SSSR count). The van der Waals surface area contributed by atoms with E-state index >= 15 is 0 Å². The number of nitrogen functional groups attached to an aromatic ring is 1. The lowest BCUT2D eigenvalue weighted by molar-refractivity contribution is 0.373. The Morgan fingerprint density at radius 2 is 1.89 bits per heavy atom. The normalized spacial score (nSPS) is 10.9. The van der Waals surface area contributed by atoms with E-state index in [1.165, 1.54) is 30.6 Å². The van der Waals surface area contributed by atoms with Crippen molar-refractivity contribution >= 4 is 27.2 Å². The summed E-state index contributed by atoms with van der Waals surface area (Å²) in [6.07, 6.45) is 1.61. The fourth-order valence-corrected chi connectivity index (χ4v) is 3.75. The van der Waals surface area contributed by atoms with Gasteiger partial charge in [-0.2, -0.15) is 0 Å². The number of hydrogen-bond donors (Lipinski definition) is 2. The number of thiophene rings is 1. The molecule has 2 aromatic carbocycles. The Bertz CT molecular complexity index is 1140. The van der Waals surface area contributed by atoms with Crippen LogP contribution in [0.5, 0.6) is 23.0 Å². The van der Waals surface area contributed by atoms with E-state index in [0.29, 0.717) is 17.2 Å². The average Bonchev–Trinajstić information content (AvgIpc) is 3.09. The fourth-order valence-electron chi connectivity index (χ4n) is 2.69. The van der Waals surface area contributed by atoms with E-state index < -0.39 is 5.82 Å². The van der Waals surface area contributed by atoms with Gasteiger partial charge >= 0.3 is 0 Å². The molecule has 0 amide bonds. The van der Waals surface area contributed by atoms with Gasteiger partial charge in [0.25, 0.3) is 0 Å². The molecule has 0 aliphatic carbocycles. The first-order chi connectivity index (χ1) is 13.0. The highest BCUT2D eigenvalue weighted by atomic mass is 32.1. The number of fused-ring (bicyclic) bond motifs is 1. The molecule has 0 atom stereocenters. The summed E-state index contributed by atoms with van der Waals surface area (Å²) in [6.45, 7) is 0. The number of benzene rings is 2. The number of phenolic OH excluding ortho intramolecular Hbond substituents is 1. The van der Waals surface area contributed by atoms with E-state index in [9.17, 15) is 9.50 Å². The maximum absolute atomic E-state index is 14.1. The second kappa shape index (κ2) is 6.77. The Morgan fingerprint density at radius 3 is 2.67 bits per heavy atom. The quantitative estimate of drug-likeness (QED) is 0.475. The zero-order valence-corrected chi connectivity index (χ0v) is 15.1. The van der Waals surface area contributed by atoms with Crippen LogP contribution in [0.3, 0.4) is 0 Å². The molecule has 0 aliphatic heterocycles. The first kappa shape index (κ1) is 17.1. The molecule has 0 aliphatic rings. The van der Waals surface area contributed by atoms with Crippen LogP contribution in [0.1, 0.15) is 0 Å². The molecule has 3 N–H and O–H groups in total. The van der Waals surface area contributed by atoms with Crippen LogP contribution >= 0.6 is 11.3 Å². The number of pyridine rings is 1. The number of nitrogens with two attached hydrogens (primary N) is 1. The van der Waals surface area contributed by atoms with Crippen molar-refractivity contribution < 1.29 is 19.0 Å². The van der Waals surface area contributed by atoms with E-state index in [-0.39, 0.29) is 11.5 Å². The van der Waals surface area contributed by atoms with Crippen LogP contribution in [0, 0.1) is 5.82 Å². The number of phenols is 1. The van der Waals surface area contributed by atoms with Crippen molar-refractivity contribution in [3.63, 3.8) is 0 Å². The van der Waals surface area contributed by atoms with Crippen molar-refractivity contribution in [3.8, 4) is 33.4 Å². The van der Waals surface area contributed by atoms with Crippen molar-refractivity contribution in [1.29, 1.82) is 0 Å². The summed E-state index contributed by atoms with van der Waals surface area (Å²) in [6, 6.07) is 13.0. The summed E-state index contributed by atoms with van der Waals surface area (Å²) >= 11 is 1.46. The number of nitrogens with zero attached hydrogens (tertiary/aromatic N) is 1. The minimum absolute atomic E-state index is 0.0725. The van der Waals surface area contributed by atoms with Gasteiger partial charge in [0.05, 0.1) is 17.3 Å². The van der Waals surface area contributed by atoms with Gasteiger partial charge in [0, 0.05) is 28.9 Å². The van der Waals surface area contributed by atoms with Gasteiger partial charge in [0.15, 0.2) is 23.1 Å². The lowest BCUT2D eigenvalue weighted by Gasteiger charge is -2.07. The molecule has 4 aromatic rings. The molecule has 7 heteroatoms. The molecule has 0 radical (unpaired) electrons. The monoisotopic (exact) mass is 382 g/mol. The largest absolute Gasteiger partial charge is 0.504 e. The van der Waals surface area contributed by atoms with Crippen LogP contribution in [0.15, 0.2) is 54.7 Å². The minimum Gasteiger partial charge on any atom is -0.504 e. The van der Waals surface area contributed by atoms with E-state index in [2.05, 4.69) is 4.98 Å². The SMILES string of the molecule is COc1cc(-c2cc3nccc(Oc4ccc(N)cc4F)c3s2)ccc1O. The molecular formula is C20H15FN2O3S. The van der Waals surface area contributed by atoms with E-state index in [1.54, 1.807) is 36.5 Å². The van der Waals surface area contributed by atoms with Gasteiger partial charge in [-0.15, -0.1) is 11.3 Å². The van der Waals surface area contributed by atoms with E-state index in [4.69, 9.17) is 15.2 Å². The topological polar surface area (TPSA) is 77.6 Å². The molecule has 2 heterocycles. The first-order valence-corrected chi connectivity index (χ1v) is 8.85. The van der Waals surface area contributed by atoms with E-state index in [0.717, 1.165) is 20.7 Å². The van der Waals surface area contributed by atoms with Crippen molar-refractivity contribution in [2.45, 2.75) is 0 Å². The third-order valence-electron chi connectivity index (χ3n) is 4.02. The summed E-state index contributed by atoms with van der Waals surface area (Å²) in [5.41, 5.74) is 7.52. The van der Waals surface area contributed by atoms with Gasteiger partial charge in [-0.25, -0.2) is 4.39 Å². The number of ether oxygens (including phenoxy) is 2. The van der Waals surface area contributed by atoms with Gasteiger partial charge in [-0.3, -0.25) is 4.98 Å². The third kappa shape index (κ3) is 3.24. The molecule has 27 heavy (non-hydrogen) atoms. The Balaban J connectivity index is 1.76. The summed E-state index contributed by atoms with van der Waals surface area (Å²) in [5.74, 6) is 0.533. The highest BCUT2D eigenvalue weighted by molar-refractivity contribution is 7.22. The summed E-state index contributed by atoms with van der Waals surface area (Å²) in [7, 11) is 1.50. The number of methoxy groups -OCH3 is 1. The molecule has 5 nitrogen and oxygen atoms in total. The maximum Gasteiger partial charge on any atom is 0.167 e. The van der Waals surface area contributed by atoms with Crippen LogP contribution in [0.25, 0.3) is 20.7 Å². The number of hydrogen-bond acceptors (Lipinski definition) is 6. The highest BCUT2D eigenvalue weighted by Gasteiger charge is 2.14. The lowest BCUT2D eigenvalue weighted by atomic mass is 10.1. The Hall–Kier alpha value is -3.32. The molecule has 0 spiro atoms. The van der Waals surface area contributed by atoms with Crippen molar-refractivity contribution in [1.82, 2.24) is 4.98 Å². The molecule has 2 aromatic heterocycles. The van der Waals surface area contributed by atoms with E-state index in [1.807, 2.05) is 6.07 Å². The number of rotatable bonds is 4. The Kier molecular flexibility index (Phi) is 4.29. The van der Waals surface area contributed by atoms with Gasteiger partial charge in [-0.05, 0) is 42.0 Å². The lowest BCUT2D eigenvalue weighted by Crippen LogP contribution is -1.91. The van der Waals surface area contributed by atoms with Crippen molar-refractivity contribution in [2.24, 2.45) is 0 Å². The van der Waals surface area contributed by atoms with Crippen LogP contribution < -0.4 is 15.2 Å². The molecular weight excluding hydrogens is 367 g/mol. The van der Waals surface area contributed by atoms with Gasteiger partial charge in [-0.1, -0.05) is 0 Å². The zero-order chi connectivity index (χ0) is 19.0. The Labute approximate surface area is 158 Å². The second-order valence-electron chi connectivity index (χ2n) is 5.81. The predicted molar refractivity (Wildman–Crippen MR) is 104 cm³/mol. The minimum atomic E-state index is -0.528. The number of aromatic nitrogens is 1. The molecule has 0 bridgehead atoms. The number of halogens is 1. The van der Waals surface area contributed by atoms with Crippen LogP contribution in [-0.2, 0) is 0 Å². The van der Waals surface area contributed by atoms with Crippen LogP contribution in [0.4, 0.5) is 10.1 Å². The molecule has 0 fully saturated rings. The first-order valence-electron chi connectivity index (χ1n) is 8.04. The molecule has 0 saturated heterocycles. The van der Waals surface area contributed by atoms with Gasteiger partial charge in [0.2, 0.25) is 0 Å². The van der Waals surface area contributed by atoms with Crippen molar-refractivity contribution in [2.75, 3.05) is 12.8 Å². The van der Waals surface area contributed by atoms with Crippen molar-refractivity contribution in [3.05, 3.63) is 60.5 Å². The summed E-state index contributed by atoms with van der Waals surface area (Å²) in [5, 5.41) is 9.78. The third-order valence-corrected chi connectivity index (χ3v) is 5.20. The van der Waals surface area contributed by atoms with Crippen LogP contribution in [0.2, 0.25) is 0 Å². The van der Waals surface area contributed by atoms with Crippen LogP contribution in [-0.4, -0.2) is 17.2 Å². The molecule has 136 valence electrons. The maximum atomic E-state index is 14.1. The highest BCUT2D eigenvalue weighted by Crippen LogP contribution is 2.41. The van der Waals surface area contributed by atoms with Gasteiger partial charge < -0.3 is 20.3 Å². The molecule has 0 unspecified atom stereocenters. The zero-order valence-electron chi connectivity index (χ0n) is 14.3. The number of aromatic hydroxyl groups is 1.